The van der Waals surface area contributed by atoms with Crippen molar-refractivity contribution in [1.29, 1.82) is 0 Å². The summed E-state index contributed by atoms with van der Waals surface area (Å²) in [4.78, 5) is 10.2. The van der Waals surface area contributed by atoms with E-state index in [0.29, 0.717) is 13.0 Å². The van der Waals surface area contributed by atoms with Crippen LogP contribution in [0.5, 0.6) is 0 Å². The van der Waals surface area contributed by atoms with Crippen molar-refractivity contribution in [2.24, 2.45) is 0 Å². The fraction of sp³-hybridized carbons (Fsp3) is 0.933. The van der Waals surface area contributed by atoms with Crippen molar-refractivity contribution in [1.82, 2.24) is 5.32 Å². The molecule has 0 aromatic rings. The molecule has 0 aliphatic heterocycles. The highest BCUT2D eigenvalue weighted by Crippen LogP contribution is 2.10. The highest BCUT2D eigenvalue weighted by Gasteiger charge is 2.00. The van der Waals surface area contributed by atoms with Crippen molar-refractivity contribution >= 4 is 16.1 Å². The van der Waals surface area contributed by atoms with E-state index in [-0.39, 0.29) is 5.75 Å². The normalized spacial score (nSPS) is 10.9. The number of rotatable bonds is 13. The predicted octanol–water partition coefficient (Wildman–Crippen LogP) is 3.09. The molecule has 0 radical (unpaired) electrons. The summed E-state index contributed by atoms with van der Waals surface area (Å²) in [7, 11) is -2.13. The SMILES string of the molecule is CCCCCCCCCCCC(=O)O.CNCCS(=O)(=O)O. The lowest BCUT2D eigenvalue weighted by Gasteiger charge is -2.00. The van der Waals surface area contributed by atoms with E-state index in [4.69, 9.17) is 9.66 Å². The molecule has 0 fully saturated rings. The van der Waals surface area contributed by atoms with Crippen LogP contribution in [-0.2, 0) is 14.9 Å². The predicted molar refractivity (Wildman–Crippen MR) is 89.8 cm³/mol. The van der Waals surface area contributed by atoms with E-state index < -0.39 is 16.1 Å². The summed E-state index contributed by atoms with van der Waals surface area (Å²) in [5, 5.41) is 11.0. The molecule has 0 rings (SSSR count). The Kier molecular flexibility index (Phi) is 17.9. The Morgan fingerprint density at radius 2 is 1.41 bits per heavy atom. The molecule has 3 N–H and O–H groups in total. The van der Waals surface area contributed by atoms with Gasteiger partial charge >= 0.3 is 5.97 Å². The van der Waals surface area contributed by atoms with E-state index in [1.54, 1.807) is 7.05 Å². The lowest BCUT2D eigenvalue weighted by molar-refractivity contribution is -0.137. The number of aliphatic carboxylic acids is 1. The van der Waals surface area contributed by atoms with E-state index in [9.17, 15) is 13.2 Å². The average molecular weight is 339 g/mol. The Morgan fingerprint density at radius 1 is 0.955 bits per heavy atom. The van der Waals surface area contributed by atoms with Gasteiger partial charge in [0.1, 0.15) is 0 Å². The first-order valence-electron chi connectivity index (χ1n) is 8.15. The minimum atomic E-state index is -3.75. The Labute approximate surface area is 135 Å². The highest BCUT2D eigenvalue weighted by atomic mass is 32.2. The minimum Gasteiger partial charge on any atom is -0.481 e. The lowest BCUT2D eigenvalue weighted by atomic mass is 10.1. The molecular formula is C15H33NO5S. The Morgan fingerprint density at radius 3 is 1.73 bits per heavy atom. The fourth-order valence-corrected chi connectivity index (χ4v) is 2.28. The maximum atomic E-state index is 10.2. The van der Waals surface area contributed by atoms with Gasteiger partial charge in [0, 0.05) is 13.0 Å². The number of carboxylic acids is 1. The first-order chi connectivity index (χ1) is 10.3. The van der Waals surface area contributed by atoms with Gasteiger partial charge in [-0.05, 0) is 13.5 Å². The van der Waals surface area contributed by atoms with Crippen LogP contribution in [0.3, 0.4) is 0 Å². The third-order valence-corrected chi connectivity index (χ3v) is 3.82. The molecule has 22 heavy (non-hydrogen) atoms. The van der Waals surface area contributed by atoms with Crippen LogP contribution in [0.15, 0.2) is 0 Å². The van der Waals surface area contributed by atoms with Gasteiger partial charge in [-0.1, -0.05) is 58.3 Å². The molecular weight excluding hydrogens is 306 g/mol. The van der Waals surface area contributed by atoms with Crippen LogP contribution < -0.4 is 5.32 Å². The number of hydrogen-bond acceptors (Lipinski definition) is 4. The monoisotopic (exact) mass is 339 g/mol. The highest BCUT2D eigenvalue weighted by molar-refractivity contribution is 7.85. The van der Waals surface area contributed by atoms with Crippen molar-refractivity contribution in [3.63, 3.8) is 0 Å². The number of hydrogen-bond donors (Lipinski definition) is 3. The number of carboxylic acid groups (broad SMARTS) is 1. The van der Waals surface area contributed by atoms with Gasteiger partial charge < -0.3 is 10.4 Å². The van der Waals surface area contributed by atoms with Crippen molar-refractivity contribution in [2.45, 2.75) is 71.1 Å². The van der Waals surface area contributed by atoms with Gasteiger partial charge in [0.25, 0.3) is 10.1 Å². The summed E-state index contributed by atoms with van der Waals surface area (Å²) in [6.07, 6.45) is 11.5. The van der Waals surface area contributed by atoms with E-state index in [1.165, 1.54) is 44.9 Å². The van der Waals surface area contributed by atoms with E-state index >= 15 is 0 Å². The Hall–Kier alpha value is -0.660. The standard InChI is InChI=1S/C12H24O2.C3H9NO3S/c1-2-3-4-5-6-7-8-9-10-11-12(13)14;1-4-2-3-8(5,6)7/h2-11H2,1H3,(H,13,14);4H,2-3H2,1H3,(H,5,6,7). The molecule has 0 bridgehead atoms. The van der Waals surface area contributed by atoms with Crippen LogP contribution in [0, 0.1) is 0 Å². The number of unbranched alkanes of at least 4 members (excludes halogenated alkanes) is 8. The van der Waals surface area contributed by atoms with Gasteiger partial charge in [-0.15, -0.1) is 0 Å². The molecule has 0 saturated heterocycles. The molecule has 0 aliphatic rings. The molecule has 0 atom stereocenters. The second kappa shape index (κ2) is 16.7. The summed E-state index contributed by atoms with van der Waals surface area (Å²) in [6, 6.07) is 0. The van der Waals surface area contributed by atoms with Crippen LogP contribution in [-0.4, -0.2) is 43.4 Å². The van der Waals surface area contributed by atoms with Gasteiger partial charge in [-0.2, -0.15) is 8.42 Å². The molecule has 6 nitrogen and oxygen atoms in total. The molecule has 0 aromatic heterocycles. The fourth-order valence-electron chi connectivity index (χ4n) is 1.82. The van der Waals surface area contributed by atoms with Crippen molar-refractivity contribution in [3.05, 3.63) is 0 Å². The van der Waals surface area contributed by atoms with Gasteiger partial charge in [-0.25, -0.2) is 0 Å². The van der Waals surface area contributed by atoms with Gasteiger partial charge in [0.05, 0.1) is 5.75 Å². The van der Waals surface area contributed by atoms with Crippen LogP contribution in [0.4, 0.5) is 0 Å². The average Bonchev–Trinajstić information content (AvgIpc) is 2.43. The minimum absolute atomic E-state index is 0.219. The maximum Gasteiger partial charge on any atom is 0.303 e. The van der Waals surface area contributed by atoms with Crippen molar-refractivity contribution < 1.29 is 22.9 Å². The molecule has 0 aromatic carbocycles. The van der Waals surface area contributed by atoms with Crippen LogP contribution >= 0.6 is 0 Å². The van der Waals surface area contributed by atoms with E-state index in [2.05, 4.69) is 12.2 Å². The summed E-state index contributed by atoms with van der Waals surface area (Å²) in [5.74, 6) is -0.878. The molecule has 134 valence electrons. The maximum absolute atomic E-state index is 10.2. The first-order valence-corrected chi connectivity index (χ1v) is 9.76. The van der Waals surface area contributed by atoms with E-state index in [0.717, 1.165) is 12.8 Å². The van der Waals surface area contributed by atoms with Gasteiger partial charge in [-0.3, -0.25) is 9.35 Å². The molecule has 0 unspecified atom stereocenters. The zero-order valence-electron chi connectivity index (χ0n) is 14.0. The van der Waals surface area contributed by atoms with E-state index in [1.807, 2.05) is 0 Å². The van der Waals surface area contributed by atoms with Crippen LogP contribution in [0.25, 0.3) is 0 Å². The van der Waals surface area contributed by atoms with Crippen LogP contribution in [0.1, 0.15) is 71.1 Å². The number of carbonyl (C=O) groups is 1. The summed E-state index contributed by atoms with van der Waals surface area (Å²) < 4.78 is 27.9. The molecule has 0 spiro atoms. The van der Waals surface area contributed by atoms with Crippen LogP contribution in [0.2, 0.25) is 0 Å². The third-order valence-electron chi connectivity index (χ3n) is 3.10. The second-order valence-corrected chi connectivity index (χ2v) is 6.93. The smallest absolute Gasteiger partial charge is 0.303 e. The van der Waals surface area contributed by atoms with Gasteiger partial charge in [0.15, 0.2) is 0 Å². The van der Waals surface area contributed by atoms with Crippen molar-refractivity contribution in [2.75, 3.05) is 19.3 Å². The molecule has 0 heterocycles. The zero-order valence-corrected chi connectivity index (χ0v) is 14.8. The van der Waals surface area contributed by atoms with Gasteiger partial charge in [0.2, 0.25) is 0 Å². The first kappa shape index (κ1) is 23.6. The third kappa shape index (κ3) is 27.6. The Bertz CT molecular complexity index is 344. The Balaban J connectivity index is 0. The topological polar surface area (TPSA) is 104 Å². The summed E-state index contributed by atoms with van der Waals surface area (Å²) in [6.45, 7) is 2.52. The largest absolute Gasteiger partial charge is 0.481 e. The molecule has 7 heteroatoms. The molecule has 0 aliphatic carbocycles. The summed E-state index contributed by atoms with van der Waals surface area (Å²) in [5.41, 5.74) is 0. The lowest BCUT2D eigenvalue weighted by Crippen LogP contribution is -2.18. The molecule has 0 saturated carbocycles. The quantitative estimate of drug-likeness (QED) is 0.352. The van der Waals surface area contributed by atoms with Crippen molar-refractivity contribution in [3.8, 4) is 0 Å². The molecule has 0 amide bonds. The summed E-state index contributed by atoms with van der Waals surface area (Å²) >= 11 is 0. The zero-order chi connectivity index (χ0) is 17.3. The second-order valence-electron chi connectivity index (χ2n) is 5.36. The number of nitrogens with one attached hydrogen (secondary N) is 1.